The second-order valence-electron chi connectivity index (χ2n) is 4.27. The second kappa shape index (κ2) is 7.78. The first-order valence-electron chi connectivity index (χ1n) is 6.44. The first kappa shape index (κ1) is 14.7. The fourth-order valence-electron chi connectivity index (χ4n) is 1.91. The predicted molar refractivity (Wildman–Crippen MR) is 80.3 cm³/mol. The van der Waals surface area contributed by atoms with Gasteiger partial charge in [0.15, 0.2) is 11.4 Å². The van der Waals surface area contributed by atoms with Crippen LogP contribution < -0.4 is 10.1 Å². The zero-order chi connectivity index (χ0) is 14.2. The first-order chi connectivity index (χ1) is 9.83. The van der Waals surface area contributed by atoms with Crippen molar-refractivity contribution in [2.24, 2.45) is 4.99 Å². The van der Waals surface area contributed by atoms with Gasteiger partial charge in [0.1, 0.15) is 18.0 Å². The Labute approximate surface area is 123 Å². The van der Waals surface area contributed by atoms with Crippen molar-refractivity contribution in [1.29, 1.82) is 5.26 Å². The summed E-state index contributed by atoms with van der Waals surface area (Å²) in [4.78, 5) is 4.39. The number of nitrogens with zero attached hydrogens (tertiary/aromatic N) is 2. The highest BCUT2D eigenvalue weighted by Gasteiger charge is 2.16. The Balaban J connectivity index is 2.06. The molecule has 5 nitrogen and oxygen atoms in total. The van der Waals surface area contributed by atoms with Crippen molar-refractivity contribution in [3.8, 4) is 11.9 Å². The molecule has 0 aliphatic carbocycles. The van der Waals surface area contributed by atoms with Gasteiger partial charge >= 0.3 is 0 Å². The van der Waals surface area contributed by atoms with Crippen molar-refractivity contribution < 1.29 is 9.47 Å². The molecule has 1 heterocycles. The van der Waals surface area contributed by atoms with Gasteiger partial charge in [-0.3, -0.25) is 5.32 Å². The van der Waals surface area contributed by atoms with Crippen LogP contribution >= 0.6 is 11.8 Å². The van der Waals surface area contributed by atoms with E-state index in [1.807, 2.05) is 36.7 Å². The number of nitriles is 1. The van der Waals surface area contributed by atoms with Crippen LogP contribution in [0.5, 0.6) is 5.75 Å². The Morgan fingerprint density at radius 3 is 3.15 bits per heavy atom. The van der Waals surface area contributed by atoms with Crippen molar-refractivity contribution in [3.63, 3.8) is 0 Å². The number of nitrogens with one attached hydrogen (secondary N) is 1. The molecule has 1 aliphatic rings. The molecule has 0 bridgehead atoms. The SMILES string of the molecule is CSC(=Nc1ccccc1OCC1CCCO1)NC#N. The van der Waals surface area contributed by atoms with Crippen molar-refractivity contribution in [3.05, 3.63) is 24.3 Å². The average Bonchev–Trinajstić information content (AvgIpc) is 2.99. The molecule has 2 rings (SSSR count). The fraction of sp³-hybridized carbons (Fsp3) is 0.429. The molecule has 1 aromatic rings. The molecule has 1 atom stereocenters. The van der Waals surface area contributed by atoms with Crippen LogP contribution in [0.15, 0.2) is 29.3 Å². The monoisotopic (exact) mass is 291 g/mol. The number of thioether (sulfide) groups is 1. The van der Waals surface area contributed by atoms with Crippen LogP contribution in [0.2, 0.25) is 0 Å². The largest absolute Gasteiger partial charge is 0.489 e. The van der Waals surface area contributed by atoms with Gasteiger partial charge in [-0.1, -0.05) is 23.9 Å². The summed E-state index contributed by atoms with van der Waals surface area (Å²) in [6.45, 7) is 1.35. The van der Waals surface area contributed by atoms with E-state index in [1.54, 1.807) is 0 Å². The molecular weight excluding hydrogens is 274 g/mol. The van der Waals surface area contributed by atoms with Gasteiger partial charge in [-0.15, -0.1) is 0 Å². The normalized spacial score (nSPS) is 18.6. The summed E-state index contributed by atoms with van der Waals surface area (Å²) in [7, 11) is 0. The van der Waals surface area contributed by atoms with Crippen molar-refractivity contribution in [1.82, 2.24) is 5.32 Å². The van der Waals surface area contributed by atoms with Gasteiger partial charge in [0.2, 0.25) is 0 Å². The molecule has 0 saturated carbocycles. The predicted octanol–water partition coefficient (Wildman–Crippen LogP) is 2.67. The van der Waals surface area contributed by atoms with Crippen LogP contribution in [-0.2, 0) is 4.74 Å². The standard InChI is InChI=1S/C14H17N3O2S/c1-20-14(16-10-15)17-12-6-2-3-7-13(12)19-9-11-5-4-8-18-11/h2-3,6-7,11H,4-5,8-9H2,1H3,(H,16,17). The molecule has 0 aromatic heterocycles. The number of rotatable bonds is 4. The highest BCUT2D eigenvalue weighted by Crippen LogP contribution is 2.28. The van der Waals surface area contributed by atoms with Gasteiger partial charge in [-0.2, -0.15) is 5.26 Å². The molecule has 1 fully saturated rings. The molecule has 1 unspecified atom stereocenters. The van der Waals surface area contributed by atoms with Crippen LogP contribution in [0, 0.1) is 11.5 Å². The van der Waals surface area contributed by atoms with Crippen LogP contribution in [0.1, 0.15) is 12.8 Å². The van der Waals surface area contributed by atoms with E-state index in [2.05, 4.69) is 10.3 Å². The molecule has 0 spiro atoms. The lowest BCUT2D eigenvalue weighted by Gasteiger charge is -2.13. The number of amidine groups is 1. The van der Waals surface area contributed by atoms with Gasteiger partial charge in [0, 0.05) is 6.61 Å². The number of para-hydroxylation sites is 2. The minimum absolute atomic E-state index is 0.171. The Kier molecular flexibility index (Phi) is 5.71. The van der Waals surface area contributed by atoms with E-state index >= 15 is 0 Å². The summed E-state index contributed by atoms with van der Waals surface area (Å²) in [5, 5.41) is 11.7. The van der Waals surface area contributed by atoms with E-state index in [0.717, 1.165) is 19.4 Å². The van der Waals surface area contributed by atoms with Gasteiger partial charge < -0.3 is 9.47 Å². The fourth-order valence-corrected chi connectivity index (χ4v) is 2.25. The van der Waals surface area contributed by atoms with E-state index in [9.17, 15) is 0 Å². The van der Waals surface area contributed by atoms with Crippen LogP contribution in [0.3, 0.4) is 0 Å². The van der Waals surface area contributed by atoms with Gasteiger partial charge in [0.05, 0.1) is 6.10 Å². The zero-order valence-corrected chi connectivity index (χ0v) is 12.2. The van der Waals surface area contributed by atoms with E-state index in [1.165, 1.54) is 11.8 Å². The summed E-state index contributed by atoms with van der Waals surface area (Å²) in [5.41, 5.74) is 0.706. The van der Waals surface area contributed by atoms with Crippen LogP contribution in [-0.4, -0.2) is 30.7 Å². The third-order valence-corrected chi connectivity index (χ3v) is 3.47. The Hall–Kier alpha value is -1.71. The van der Waals surface area contributed by atoms with E-state index in [0.29, 0.717) is 23.2 Å². The van der Waals surface area contributed by atoms with E-state index in [-0.39, 0.29) is 6.10 Å². The second-order valence-corrected chi connectivity index (χ2v) is 5.07. The molecule has 0 amide bonds. The molecule has 0 radical (unpaired) electrons. The molecule has 1 aromatic carbocycles. The van der Waals surface area contributed by atoms with E-state index < -0.39 is 0 Å². The van der Waals surface area contributed by atoms with Crippen LogP contribution in [0.25, 0.3) is 0 Å². The van der Waals surface area contributed by atoms with Crippen molar-refractivity contribution in [2.75, 3.05) is 19.5 Å². The quantitative estimate of drug-likeness (QED) is 0.400. The lowest BCUT2D eigenvalue weighted by molar-refractivity contribution is 0.0682. The minimum atomic E-state index is 0.171. The molecule has 6 heteroatoms. The smallest absolute Gasteiger partial charge is 0.183 e. The summed E-state index contributed by atoms with van der Waals surface area (Å²) < 4.78 is 11.3. The zero-order valence-electron chi connectivity index (χ0n) is 11.3. The first-order valence-corrected chi connectivity index (χ1v) is 7.67. The molecule has 1 saturated heterocycles. The van der Waals surface area contributed by atoms with Gasteiger partial charge in [-0.05, 0) is 31.2 Å². The van der Waals surface area contributed by atoms with Gasteiger partial charge in [0.25, 0.3) is 0 Å². The molecule has 106 valence electrons. The lowest BCUT2D eigenvalue weighted by Crippen LogP contribution is -2.16. The molecule has 20 heavy (non-hydrogen) atoms. The molecule has 1 aliphatic heterocycles. The third-order valence-electron chi connectivity index (χ3n) is 2.89. The Bertz CT molecular complexity index is 507. The summed E-state index contributed by atoms with van der Waals surface area (Å²) in [5.74, 6) is 0.703. The minimum Gasteiger partial charge on any atom is -0.489 e. The maximum absolute atomic E-state index is 8.66. The highest BCUT2D eigenvalue weighted by molar-refractivity contribution is 8.13. The lowest BCUT2D eigenvalue weighted by atomic mass is 10.2. The summed E-state index contributed by atoms with van der Waals surface area (Å²) >= 11 is 1.38. The highest BCUT2D eigenvalue weighted by atomic mass is 32.2. The van der Waals surface area contributed by atoms with Crippen molar-refractivity contribution in [2.45, 2.75) is 18.9 Å². The van der Waals surface area contributed by atoms with Gasteiger partial charge in [-0.25, -0.2) is 4.99 Å². The maximum Gasteiger partial charge on any atom is 0.183 e. The number of hydrogen-bond donors (Lipinski definition) is 1. The maximum atomic E-state index is 8.66. The number of hydrogen-bond acceptors (Lipinski definition) is 5. The van der Waals surface area contributed by atoms with Crippen molar-refractivity contribution >= 4 is 22.6 Å². The number of benzene rings is 1. The Morgan fingerprint density at radius 2 is 2.45 bits per heavy atom. The third kappa shape index (κ3) is 4.15. The summed E-state index contributed by atoms with van der Waals surface area (Å²) in [6, 6.07) is 7.53. The number of ether oxygens (including phenoxy) is 2. The molecular formula is C14H17N3O2S. The Morgan fingerprint density at radius 1 is 1.60 bits per heavy atom. The van der Waals surface area contributed by atoms with Crippen LogP contribution in [0.4, 0.5) is 5.69 Å². The molecule has 1 N–H and O–H groups in total. The number of aliphatic imine (C=N–C) groups is 1. The summed E-state index contributed by atoms with van der Waals surface area (Å²) in [6.07, 6.45) is 6.04. The van der Waals surface area contributed by atoms with E-state index in [4.69, 9.17) is 14.7 Å². The topological polar surface area (TPSA) is 66.6 Å². The average molecular weight is 291 g/mol.